The van der Waals surface area contributed by atoms with Gasteiger partial charge >= 0.3 is 0 Å². The quantitative estimate of drug-likeness (QED) is 0.303. The Hall–Kier alpha value is -4.64. The van der Waals surface area contributed by atoms with Crippen molar-refractivity contribution in [3.8, 4) is 33.9 Å². The molecule has 0 bridgehead atoms. The monoisotopic (exact) mass is 526 g/mol. The van der Waals surface area contributed by atoms with Crippen molar-refractivity contribution in [1.29, 1.82) is 0 Å². The van der Waals surface area contributed by atoms with E-state index in [0.717, 1.165) is 16.6 Å². The van der Waals surface area contributed by atoms with Crippen LogP contribution >= 0.6 is 0 Å². The van der Waals surface area contributed by atoms with Crippen molar-refractivity contribution in [3.63, 3.8) is 0 Å². The van der Waals surface area contributed by atoms with Crippen LogP contribution in [0.1, 0.15) is 12.0 Å². The first-order valence-corrected chi connectivity index (χ1v) is 12.4. The zero-order valence-corrected chi connectivity index (χ0v) is 20.5. The van der Waals surface area contributed by atoms with Gasteiger partial charge in [-0.1, -0.05) is 0 Å². The molecule has 0 atom stereocenters. The first-order valence-electron chi connectivity index (χ1n) is 12.4. The average Bonchev–Trinajstić information content (AvgIpc) is 3.65. The summed E-state index contributed by atoms with van der Waals surface area (Å²) in [6, 6.07) is 10.7. The van der Waals surface area contributed by atoms with Gasteiger partial charge in [0, 0.05) is 67.0 Å². The number of aromatic nitrogens is 7. The van der Waals surface area contributed by atoms with E-state index in [4.69, 9.17) is 4.98 Å². The van der Waals surface area contributed by atoms with Gasteiger partial charge in [0.1, 0.15) is 16.7 Å². The molecule has 0 saturated carbocycles. The summed E-state index contributed by atoms with van der Waals surface area (Å²) >= 11 is 0. The Bertz CT molecular complexity index is 1830. The maximum absolute atomic E-state index is 15.2. The van der Waals surface area contributed by atoms with Crippen molar-refractivity contribution < 1.29 is 13.2 Å². The normalized spacial score (nSPS) is 15.5. The first kappa shape index (κ1) is 23.5. The summed E-state index contributed by atoms with van der Waals surface area (Å²) < 4.78 is 42.5. The minimum Gasteiger partial charge on any atom is -0.337 e. The maximum Gasteiger partial charge on any atom is 0.261 e. The molecular formula is C28H21F3N8. The molecule has 6 heterocycles. The van der Waals surface area contributed by atoms with Gasteiger partial charge in [0.15, 0.2) is 11.6 Å². The molecule has 194 valence electrons. The molecule has 0 aliphatic carbocycles. The maximum atomic E-state index is 15.2. The van der Waals surface area contributed by atoms with Gasteiger partial charge in [-0.2, -0.15) is 5.10 Å². The van der Waals surface area contributed by atoms with Crippen molar-refractivity contribution in [2.24, 2.45) is 0 Å². The van der Waals surface area contributed by atoms with E-state index in [2.05, 4.69) is 30.1 Å². The van der Waals surface area contributed by atoms with Crippen molar-refractivity contribution in [2.45, 2.75) is 18.9 Å². The molecule has 1 fully saturated rings. The van der Waals surface area contributed by atoms with Gasteiger partial charge in [-0.25, -0.2) is 18.2 Å². The molecule has 1 saturated heterocycles. The summed E-state index contributed by atoms with van der Waals surface area (Å²) in [7, 11) is 0. The Kier molecular flexibility index (Phi) is 5.41. The minimum atomic E-state index is -2.66. The Morgan fingerprint density at radius 2 is 1.85 bits per heavy atom. The van der Waals surface area contributed by atoms with Crippen molar-refractivity contribution in [3.05, 3.63) is 78.8 Å². The van der Waals surface area contributed by atoms with E-state index in [-0.39, 0.29) is 18.5 Å². The molecular weight excluding hydrogens is 505 g/mol. The number of H-pyrrole nitrogens is 2. The predicted octanol–water partition coefficient (Wildman–Crippen LogP) is 5.61. The lowest BCUT2D eigenvalue weighted by Gasteiger charge is -2.15. The van der Waals surface area contributed by atoms with Crippen LogP contribution < -0.4 is 0 Å². The SMILES string of the molecule is Fc1cc(-c2cncc(CN3CCC(F)(F)C3)c2)cc2c(-c3nc4c(-c5cccnc5)nccc4[nH]3)[nH]nc12. The summed E-state index contributed by atoms with van der Waals surface area (Å²) in [5.41, 5.74) is 5.70. The number of alkyl halides is 2. The summed E-state index contributed by atoms with van der Waals surface area (Å²) in [6.07, 6.45) is 8.25. The standard InChI is InChI=1S/C28H21F3N8/c29-21-10-18(19-8-16(11-33-13-19)14-39-7-4-28(30,31)15-39)9-20-24(21)37-38-25(20)27-35-22-3-6-34-23(26(22)36-27)17-2-1-5-32-12-17/h1-3,5-6,8-13H,4,7,14-15H2,(H,35,36)(H,37,38). The fourth-order valence-electron chi connectivity index (χ4n) is 5.12. The van der Waals surface area contributed by atoms with Crippen LogP contribution in [0, 0.1) is 5.82 Å². The number of halogens is 3. The molecule has 6 aromatic rings. The van der Waals surface area contributed by atoms with Gasteiger partial charge in [-0.05, 0) is 47.5 Å². The Balaban J connectivity index is 1.27. The summed E-state index contributed by atoms with van der Waals surface area (Å²) in [4.78, 5) is 22.7. The van der Waals surface area contributed by atoms with Gasteiger partial charge in [-0.15, -0.1) is 0 Å². The highest BCUT2D eigenvalue weighted by molar-refractivity contribution is 5.97. The van der Waals surface area contributed by atoms with E-state index < -0.39 is 11.7 Å². The fraction of sp³-hybridized carbons (Fsp3) is 0.179. The van der Waals surface area contributed by atoms with Gasteiger partial charge in [0.25, 0.3) is 5.92 Å². The zero-order chi connectivity index (χ0) is 26.6. The van der Waals surface area contributed by atoms with E-state index in [0.29, 0.717) is 52.3 Å². The number of pyridine rings is 3. The number of imidazole rings is 1. The van der Waals surface area contributed by atoms with Crippen molar-refractivity contribution in [1.82, 2.24) is 40.0 Å². The Morgan fingerprint density at radius 3 is 2.67 bits per heavy atom. The van der Waals surface area contributed by atoms with Gasteiger partial charge in [-0.3, -0.25) is 25.0 Å². The number of fused-ring (bicyclic) bond motifs is 2. The number of nitrogens with one attached hydrogen (secondary N) is 2. The molecule has 1 aliphatic rings. The number of hydrogen-bond donors (Lipinski definition) is 2. The highest BCUT2D eigenvalue weighted by Gasteiger charge is 2.37. The lowest BCUT2D eigenvalue weighted by atomic mass is 10.0. The predicted molar refractivity (Wildman–Crippen MR) is 140 cm³/mol. The molecule has 0 unspecified atom stereocenters. The molecule has 1 aromatic carbocycles. The zero-order valence-electron chi connectivity index (χ0n) is 20.5. The third-order valence-electron chi connectivity index (χ3n) is 6.97. The van der Waals surface area contributed by atoms with E-state index in [1.807, 2.05) is 30.3 Å². The molecule has 11 heteroatoms. The second kappa shape index (κ2) is 8.98. The Morgan fingerprint density at radius 1 is 0.949 bits per heavy atom. The number of rotatable bonds is 5. The largest absolute Gasteiger partial charge is 0.337 e. The smallest absolute Gasteiger partial charge is 0.261 e. The van der Waals surface area contributed by atoms with Crippen molar-refractivity contribution >= 4 is 21.9 Å². The van der Waals surface area contributed by atoms with Crippen molar-refractivity contribution in [2.75, 3.05) is 13.1 Å². The van der Waals surface area contributed by atoms with E-state index >= 15 is 4.39 Å². The van der Waals surface area contributed by atoms with E-state index in [9.17, 15) is 8.78 Å². The van der Waals surface area contributed by atoms with Crippen LogP contribution in [0.3, 0.4) is 0 Å². The topological polar surface area (TPSA) is 99.3 Å². The molecule has 1 aliphatic heterocycles. The molecule has 8 nitrogen and oxygen atoms in total. The second-order valence-electron chi connectivity index (χ2n) is 9.73. The highest BCUT2D eigenvalue weighted by atomic mass is 19.3. The van der Waals surface area contributed by atoms with Crippen LogP contribution in [-0.2, 0) is 6.54 Å². The highest BCUT2D eigenvalue weighted by Crippen LogP contribution is 2.34. The van der Waals surface area contributed by atoms with E-state index in [1.165, 1.54) is 6.07 Å². The second-order valence-corrected chi connectivity index (χ2v) is 9.73. The summed E-state index contributed by atoms with van der Waals surface area (Å²) in [6.45, 7) is 0.405. The van der Waals surface area contributed by atoms with Crippen LogP contribution in [0.5, 0.6) is 0 Å². The number of benzene rings is 1. The van der Waals surface area contributed by atoms with E-state index in [1.54, 1.807) is 35.9 Å². The molecule has 0 amide bonds. The van der Waals surface area contributed by atoms with Crippen LogP contribution in [0.4, 0.5) is 13.2 Å². The van der Waals surface area contributed by atoms with Crippen LogP contribution in [0.25, 0.3) is 55.8 Å². The lowest BCUT2D eigenvalue weighted by molar-refractivity contribution is 0.0115. The van der Waals surface area contributed by atoms with Crippen LogP contribution in [0.15, 0.2) is 67.4 Å². The molecule has 0 radical (unpaired) electrons. The third kappa shape index (κ3) is 4.30. The average molecular weight is 527 g/mol. The summed E-state index contributed by atoms with van der Waals surface area (Å²) in [5.74, 6) is -2.67. The minimum absolute atomic E-state index is 0.146. The summed E-state index contributed by atoms with van der Waals surface area (Å²) in [5, 5.41) is 7.67. The first-order chi connectivity index (χ1) is 18.9. The Labute approximate surface area is 220 Å². The number of aromatic amines is 2. The number of hydrogen-bond acceptors (Lipinski definition) is 6. The number of nitrogens with zero attached hydrogens (tertiary/aromatic N) is 6. The molecule has 39 heavy (non-hydrogen) atoms. The molecule has 5 aromatic heterocycles. The third-order valence-corrected chi connectivity index (χ3v) is 6.97. The van der Waals surface area contributed by atoms with Crippen LogP contribution in [-0.4, -0.2) is 59.0 Å². The molecule has 7 rings (SSSR count). The lowest BCUT2D eigenvalue weighted by Crippen LogP contribution is -2.24. The number of likely N-dealkylation sites (tertiary alicyclic amines) is 1. The molecule has 2 N–H and O–H groups in total. The fourth-order valence-corrected chi connectivity index (χ4v) is 5.12. The van der Waals surface area contributed by atoms with Gasteiger partial charge in [0.2, 0.25) is 0 Å². The molecule has 0 spiro atoms. The van der Waals surface area contributed by atoms with Gasteiger partial charge in [0.05, 0.1) is 17.8 Å². The van der Waals surface area contributed by atoms with Gasteiger partial charge < -0.3 is 4.98 Å². The van der Waals surface area contributed by atoms with Crippen LogP contribution in [0.2, 0.25) is 0 Å².